The molecule has 1 saturated heterocycles. The molecule has 0 bridgehead atoms. The first kappa shape index (κ1) is 20.8. The third kappa shape index (κ3) is 5.13. The van der Waals surface area contributed by atoms with Gasteiger partial charge in [0.2, 0.25) is 11.8 Å². The number of benzene rings is 1. The molecule has 2 amide bonds. The lowest BCUT2D eigenvalue weighted by molar-refractivity contribution is -0.139. The zero-order valence-corrected chi connectivity index (χ0v) is 17.3. The second-order valence-corrected chi connectivity index (χ2v) is 8.23. The fourth-order valence-corrected chi connectivity index (χ4v) is 4.59. The molecule has 1 aliphatic heterocycles. The van der Waals surface area contributed by atoms with E-state index in [0.29, 0.717) is 19.7 Å². The second kappa shape index (κ2) is 10.1. The molecule has 0 radical (unpaired) electrons. The number of rotatable bonds is 7. The number of methoxy groups -OCH3 is 1. The molecule has 5 nitrogen and oxygen atoms in total. The quantitative estimate of drug-likeness (QED) is 0.733. The zero-order chi connectivity index (χ0) is 19.9. The lowest BCUT2D eigenvalue weighted by Crippen LogP contribution is -2.49. The standard InChI is InChI=1S/C23H34N2O3/c1-3-17-8-10-18(11-9-17)20-14-21(22(26)24-12-13-28-2)16-25(15-20)23(27)19-6-4-5-7-19/h8-11,19-21H,3-7,12-16H2,1-2H3,(H,24,26)/t20-,21-/m0/s1. The van der Waals surface area contributed by atoms with Crippen molar-refractivity contribution < 1.29 is 14.3 Å². The van der Waals surface area contributed by atoms with Crippen LogP contribution in [-0.4, -0.2) is 50.1 Å². The van der Waals surface area contributed by atoms with E-state index in [0.717, 1.165) is 45.1 Å². The molecular formula is C23H34N2O3. The predicted molar refractivity (Wildman–Crippen MR) is 110 cm³/mol. The van der Waals surface area contributed by atoms with Crippen LogP contribution in [0.15, 0.2) is 24.3 Å². The Morgan fingerprint density at radius 2 is 1.82 bits per heavy atom. The molecule has 1 heterocycles. The Hall–Kier alpha value is -1.88. The maximum Gasteiger partial charge on any atom is 0.225 e. The monoisotopic (exact) mass is 386 g/mol. The normalized spacial score (nSPS) is 23.0. The van der Waals surface area contributed by atoms with E-state index in [2.05, 4.69) is 36.5 Å². The van der Waals surface area contributed by atoms with E-state index in [4.69, 9.17) is 4.74 Å². The highest BCUT2D eigenvalue weighted by Gasteiger charge is 2.37. The molecule has 5 heteroatoms. The Balaban J connectivity index is 1.74. The van der Waals surface area contributed by atoms with Crippen molar-refractivity contribution in [1.29, 1.82) is 0 Å². The van der Waals surface area contributed by atoms with E-state index in [1.165, 1.54) is 11.1 Å². The van der Waals surface area contributed by atoms with Gasteiger partial charge in [-0.15, -0.1) is 0 Å². The molecule has 1 N–H and O–H groups in total. The molecule has 28 heavy (non-hydrogen) atoms. The van der Waals surface area contributed by atoms with Gasteiger partial charge in [0.25, 0.3) is 0 Å². The smallest absolute Gasteiger partial charge is 0.225 e. The van der Waals surface area contributed by atoms with Crippen LogP contribution in [0.2, 0.25) is 0 Å². The van der Waals surface area contributed by atoms with Gasteiger partial charge in [-0.3, -0.25) is 9.59 Å². The Morgan fingerprint density at radius 1 is 1.11 bits per heavy atom. The number of nitrogens with one attached hydrogen (secondary N) is 1. The lowest BCUT2D eigenvalue weighted by Gasteiger charge is -2.38. The van der Waals surface area contributed by atoms with Gasteiger partial charge in [-0.1, -0.05) is 44.0 Å². The van der Waals surface area contributed by atoms with Gasteiger partial charge in [-0.2, -0.15) is 0 Å². The molecule has 154 valence electrons. The average molecular weight is 387 g/mol. The summed E-state index contributed by atoms with van der Waals surface area (Å²) in [5, 5.41) is 2.97. The summed E-state index contributed by atoms with van der Waals surface area (Å²) in [4.78, 5) is 27.8. The number of nitrogens with zero attached hydrogens (tertiary/aromatic N) is 1. The Labute approximate surface area is 168 Å². The number of ether oxygens (including phenoxy) is 1. The van der Waals surface area contributed by atoms with E-state index in [1.807, 2.05) is 4.90 Å². The largest absolute Gasteiger partial charge is 0.383 e. The fourth-order valence-electron chi connectivity index (χ4n) is 4.59. The minimum Gasteiger partial charge on any atom is -0.383 e. The third-order valence-corrected chi connectivity index (χ3v) is 6.30. The van der Waals surface area contributed by atoms with Gasteiger partial charge < -0.3 is 15.0 Å². The van der Waals surface area contributed by atoms with E-state index in [-0.39, 0.29) is 29.6 Å². The summed E-state index contributed by atoms with van der Waals surface area (Å²) < 4.78 is 5.04. The molecule has 1 aliphatic carbocycles. The van der Waals surface area contributed by atoms with Crippen molar-refractivity contribution in [3.8, 4) is 0 Å². The van der Waals surface area contributed by atoms with Crippen LogP contribution in [0.25, 0.3) is 0 Å². The number of carbonyl (C=O) groups excluding carboxylic acids is 2. The molecule has 0 spiro atoms. The van der Waals surface area contributed by atoms with Crippen molar-refractivity contribution in [3.05, 3.63) is 35.4 Å². The summed E-state index contributed by atoms with van der Waals surface area (Å²) in [6, 6.07) is 8.68. The topological polar surface area (TPSA) is 58.6 Å². The summed E-state index contributed by atoms with van der Waals surface area (Å²) in [6.45, 7) is 4.43. The second-order valence-electron chi connectivity index (χ2n) is 8.23. The molecule has 2 fully saturated rings. The number of carbonyl (C=O) groups is 2. The predicted octanol–water partition coefficient (Wildman–Crippen LogP) is 3.13. The van der Waals surface area contributed by atoms with Crippen molar-refractivity contribution in [1.82, 2.24) is 10.2 Å². The van der Waals surface area contributed by atoms with Crippen molar-refractivity contribution in [2.24, 2.45) is 11.8 Å². The molecular weight excluding hydrogens is 352 g/mol. The summed E-state index contributed by atoms with van der Waals surface area (Å²) in [5.41, 5.74) is 2.54. The summed E-state index contributed by atoms with van der Waals surface area (Å²) in [7, 11) is 1.63. The highest BCUT2D eigenvalue weighted by atomic mass is 16.5. The molecule has 3 rings (SSSR count). The van der Waals surface area contributed by atoms with Crippen LogP contribution in [0, 0.1) is 11.8 Å². The van der Waals surface area contributed by atoms with E-state index in [9.17, 15) is 9.59 Å². The number of aryl methyl sites for hydroxylation is 1. The SMILES string of the molecule is CCc1ccc([C@H]2C[C@H](C(=O)NCCOC)CN(C(=O)C3CCCC3)C2)cc1. The van der Waals surface area contributed by atoms with Crippen molar-refractivity contribution in [2.45, 2.75) is 51.4 Å². The Bertz CT molecular complexity index is 652. The van der Waals surface area contributed by atoms with Gasteiger partial charge in [0.1, 0.15) is 0 Å². The van der Waals surface area contributed by atoms with Gasteiger partial charge in [-0.05, 0) is 36.8 Å². The van der Waals surface area contributed by atoms with Crippen LogP contribution in [-0.2, 0) is 20.7 Å². The van der Waals surface area contributed by atoms with Crippen LogP contribution in [0.1, 0.15) is 56.1 Å². The first-order chi connectivity index (χ1) is 13.6. The number of likely N-dealkylation sites (tertiary alicyclic amines) is 1. The van der Waals surface area contributed by atoms with Gasteiger partial charge >= 0.3 is 0 Å². The van der Waals surface area contributed by atoms with Crippen LogP contribution >= 0.6 is 0 Å². The highest BCUT2D eigenvalue weighted by molar-refractivity contribution is 5.82. The van der Waals surface area contributed by atoms with Crippen molar-refractivity contribution in [2.75, 3.05) is 33.4 Å². The molecule has 0 unspecified atom stereocenters. The average Bonchev–Trinajstić information content (AvgIpc) is 3.28. The van der Waals surface area contributed by atoms with Crippen molar-refractivity contribution in [3.63, 3.8) is 0 Å². The van der Waals surface area contributed by atoms with Gasteiger partial charge in [0, 0.05) is 38.6 Å². The van der Waals surface area contributed by atoms with Crippen LogP contribution in [0.5, 0.6) is 0 Å². The molecule has 1 saturated carbocycles. The van der Waals surface area contributed by atoms with E-state index < -0.39 is 0 Å². The maximum atomic E-state index is 13.1. The minimum absolute atomic E-state index is 0.0381. The summed E-state index contributed by atoms with van der Waals surface area (Å²) >= 11 is 0. The van der Waals surface area contributed by atoms with E-state index in [1.54, 1.807) is 7.11 Å². The first-order valence-electron chi connectivity index (χ1n) is 10.8. The fraction of sp³-hybridized carbons (Fsp3) is 0.652. The first-order valence-corrected chi connectivity index (χ1v) is 10.8. The number of piperidine rings is 1. The minimum atomic E-state index is -0.160. The van der Waals surface area contributed by atoms with E-state index >= 15 is 0 Å². The number of amides is 2. The van der Waals surface area contributed by atoms with Crippen LogP contribution in [0.4, 0.5) is 0 Å². The molecule has 1 aromatic rings. The summed E-state index contributed by atoms with van der Waals surface area (Å²) in [5.74, 6) is 0.492. The number of hydrogen-bond acceptors (Lipinski definition) is 3. The highest BCUT2D eigenvalue weighted by Crippen LogP contribution is 2.34. The molecule has 1 aromatic carbocycles. The summed E-state index contributed by atoms with van der Waals surface area (Å²) in [6.07, 6.45) is 6.09. The maximum absolute atomic E-state index is 13.1. The molecule has 0 aromatic heterocycles. The van der Waals surface area contributed by atoms with Gasteiger partial charge in [0.15, 0.2) is 0 Å². The van der Waals surface area contributed by atoms with Crippen molar-refractivity contribution >= 4 is 11.8 Å². The van der Waals surface area contributed by atoms with Gasteiger partial charge in [0.05, 0.1) is 12.5 Å². The van der Waals surface area contributed by atoms with Crippen LogP contribution in [0.3, 0.4) is 0 Å². The molecule has 2 aliphatic rings. The number of hydrogen-bond donors (Lipinski definition) is 1. The molecule has 2 atom stereocenters. The zero-order valence-electron chi connectivity index (χ0n) is 17.3. The van der Waals surface area contributed by atoms with Crippen LogP contribution < -0.4 is 5.32 Å². The third-order valence-electron chi connectivity index (χ3n) is 6.30. The Kier molecular flexibility index (Phi) is 7.49. The lowest BCUT2D eigenvalue weighted by atomic mass is 9.83. The Morgan fingerprint density at radius 3 is 2.46 bits per heavy atom. The van der Waals surface area contributed by atoms with Gasteiger partial charge in [-0.25, -0.2) is 0 Å².